The third kappa shape index (κ3) is 4.24. The van der Waals surface area contributed by atoms with Gasteiger partial charge in [0.05, 0.1) is 16.6 Å². The number of carbonyl (C=O) groups is 1. The number of fused-ring (bicyclic) bond motifs is 2. The van der Waals surface area contributed by atoms with Crippen LogP contribution < -0.4 is 4.90 Å². The smallest absolute Gasteiger partial charge is 0.338 e. The Morgan fingerprint density at radius 2 is 1.77 bits per heavy atom. The Labute approximate surface area is 181 Å². The van der Waals surface area contributed by atoms with Crippen LogP contribution in [0.15, 0.2) is 52.9 Å². The fourth-order valence-corrected chi connectivity index (χ4v) is 3.26. The number of carbonyl (C=O) groups excluding carboxylic acids is 1. The van der Waals surface area contributed by atoms with E-state index in [1.165, 1.54) is 0 Å². The maximum Gasteiger partial charge on any atom is 0.338 e. The van der Waals surface area contributed by atoms with Gasteiger partial charge in [0, 0.05) is 18.5 Å². The van der Waals surface area contributed by atoms with E-state index in [0.29, 0.717) is 33.9 Å². The van der Waals surface area contributed by atoms with E-state index >= 15 is 0 Å². The second-order valence-electron chi connectivity index (χ2n) is 8.95. The maximum atomic E-state index is 12.5. The van der Waals surface area contributed by atoms with Crippen LogP contribution in [0.5, 0.6) is 0 Å². The second kappa shape index (κ2) is 7.69. The van der Waals surface area contributed by atoms with Crippen molar-refractivity contribution >= 4 is 33.8 Å². The lowest BCUT2D eigenvalue weighted by molar-refractivity contribution is 0.00696. The number of rotatable bonds is 4. The van der Waals surface area contributed by atoms with Crippen molar-refractivity contribution in [1.29, 1.82) is 0 Å². The molecule has 0 unspecified atom stereocenters. The highest BCUT2D eigenvalue weighted by molar-refractivity contribution is 5.95. The van der Waals surface area contributed by atoms with Crippen LogP contribution in [0.4, 0.5) is 5.82 Å². The van der Waals surface area contributed by atoms with Gasteiger partial charge in [0.25, 0.3) is 0 Å². The molecule has 0 N–H and O–H groups in total. The number of para-hydroxylation sites is 1. The minimum Gasteiger partial charge on any atom is -0.456 e. The van der Waals surface area contributed by atoms with Gasteiger partial charge < -0.3 is 14.1 Å². The Kier molecular flexibility index (Phi) is 5.17. The summed E-state index contributed by atoms with van der Waals surface area (Å²) in [4.78, 5) is 24.3. The standard InChI is InChI=1S/C25H27N3O3/c1-15(2)28(6)23-22(21-14-16-9-7-8-10-20(16)30-21)26-18-12-11-17(13-19(18)27-23)24(29)31-25(3,4)5/h7-15H,1-6H3. The van der Waals surface area contributed by atoms with Crippen molar-refractivity contribution in [3.8, 4) is 11.5 Å². The van der Waals surface area contributed by atoms with Crippen molar-refractivity contribution in [3.63, 3.8) is 0 Å². The van der Waals surface area contributed by atoms with Crippen molar-refractivity contribution in [2.75, 3.05) is 11.9 Å². The number of hydrogen-bond donors (Lipinski definition) is 0. The zero-order chi connectivity index (χ0) is 22.3. The molecule has 0 bridgehead atoms. The maximum absolute atomic E-state index is 12.5. The molecule has 0 spiro atoms. The Balaban J connectivity index is 1.86. The Morgan fingerprint density at radius 3 is 2.45 bits per heavy atom. The van der Waals surface area contributed by atoms with Gasteiger partial charge in [-0.1, -0.05) is 18.2 Å². The Bertz CT molecular complexity index is 1240. The van der Waals surface area contributed by atoms with Crippen LogP contribution in [0.3, 0.4) is 0 Å². The van der Waals surface area contributed by atoms with Crippen molar-refractivity contribution in [1.82, 2.24) is 9.97 Å². The first kappa shape index (κ1) is 20.8. The first-order chi connectivity index (χ1) is 14.6. The van der Waals surface area contributed by atoms with Gasteiger partial charge in [-0.3, -0.25) is 0 Å². The van der Waals surface area contributed by atoms with Gasteiger partial charge in [-0.15, -0.1) is 0 Å². The molecule has 0 fully saturated rings. The lowest BCUT2D eigenvalue weighted by atomic mass is 10.1. The van der Waals surface area contributed by atoms with Gasteiger partial charge in [0.2, 0.25) is 0 Å². The van der Waals surface area contributed by atoms with E-state index in [4.69, 9.17) is 19.1 Å². The first-order valence-electron chi connectivity index (χ1n) is 10.4. The average molecular weight is 418 g/mol. The largest absolute Gasteiger partial charge is 0.456 e. The summed E-state index contributed by atoms with van der Waals surface area (Å²) in [5, 5.41) is 1.01. The fourth-order valence-electron chi connectivity index (χ4n) is 3.26. The van der Waals surface area contributed by atoms with E-state index < -0.39 is 5.60 Å². The monoisotopic (exact) mass is 417 g/mol. The van der Waals surface area contributed by atoms with Crippen LogP contribution in [0.1, 0.15) is 45.0 Å². The molecule has 2 aromatic heterocycles. The van der Waals surface area contributed by atoms with Crippen LogP contribution in [0.2, 0.25) is 0 Å². The van der Waals surface area contributed by atoms with Crippen LogP contribution in [-0.4, -0.2) is 34.6 Å². The molecule has 0 amide bonds. The summed E-state index contributed by atoms with van der Waals surface area (Å²) >= 11 is 0. The van der Waals surface area contributed by atoms with Gasteiger partial charge >= 0.3 is 5.97 Å². The zero-order valence-electron chi connectivity index (χ0n) is 18.8. The van der Waals surface area contributed by atoms with E-state index in [-0.39, 0.29) is 12.0 Å². The molecule has 0 saturated carbocycles. The number of ether oxygens (including phenoxy) is 1. The third-order valence-corrected chi connectivity index (χ3v) is 5.05. The molecule has 0 aliphatic carbocycles. The highest BCUT2D eigenvalue weighted by atomic mass is 16.6. The van der Waals surface area contributed by atoms with Gasteiger partial charge in [-0.05, 0) is 65.0 Å². The molecule has 2 heterocycles. The van der Waals surface area contributed by atoms with Crippen LogP contribution in [0, 0.1) is 0 Å². The molecule has 0 aliphatic rings. The molecule has 0 radical (unpaired) electrons. The highest BCUT2D eigenvalue weighted by Gasteiger charge is 2.22. The van der Waals surface area contributed by atoms with Crippen molar-refractivity contribution in [2.45, 2.75) is 46.3 Å². The van der Waals surface area contributed by atoms with Crippen molar-refractivity contribution in [3.05, 3.63) is 54.1 Å². The molecule has 6 heteroatoms. The summed E-state index contributed by atoms with van der Waals surface area (Å²) in [7, 11) is 1.98. The zero-order valence-corrected chi connectivity index (χ0v) is 18.8. The second-order valence-corrected chi connectivity index (χ2v) is 8.95. The molecule has 4 rings (SSSR count). The minimum atomic E-state index is -0.564. The van der Waals surface area contributed by atoms with E-state index in [1.807, 2.05) is 58.2 Å². The van der Waals surface area contributed by atoms with E-state index in [2.05, 4.69) is 18.7 Å². The normalized spacial score (nSPS) is 12.0. The quantitative estimate of drug-likeness (QED) is 0.388. The van der Waals surface area contributed by atoms with Gasteiger partial charge in [0.1, 0.15) is 16.9 Å². The molecule has 160 valence electrons. The summed E-state index contributed by atoms with van der Waals surface area (Å²) in [6.07, 6.45) is 0. The van der Waals surface area contributed by atoms with Gasteiger partial charge in [-0.2, -0.15) is 0 Å². The first-order valence-corrected chi connectivity index (χ1v) is 10.4. The Hall–Kier alpha value is -3.41. The number of esters is 1. The number of aromatic nitrogens is 2. The van der Waals surface area contributed by atoms with Crippen LogP contribution in [-0.2, 0) is 4.74 Å². The van der Waals surface area contributed by atoms with Crippen molar-refractivity contribution < 1.29 is 13.9 Å². The molecule has 6 nitrogen and oxygen atoms in total. The predicted molar refractivity (Wildman–Crippen MR) is 123 cm³/mol. The molecule has 0 saturated heterocycles. The minimum absolute atomic E-state index is 0.198. The molecular weight excluding hydrogens is 390 g/mol. The number of furan rings is 1. The highest BCUT2D eigenvalue weighted by Crippen LogP contribution is 2.34. The molecule has 4 aromatic rings. The lowest BCUT2D eigenvalue weighted by Gasteiger charge is -2.24. The molecule has 0 aliphatic heterocycles. The summed E-state index contributed by atoms with van der Waals surface area (Å²) in [5.41, 5.74) is 2.68. The summed E-state index contributed by atoms with van der Waals surface area (Å²) < 4.78 is 11.6. The SMILES string of the molecule is CC(C)N(C)c1nc2cc(C(=O)OC(C)(C)C)ccc2nc1-c1cc2ccccc2o1. The molecule has 31 heavy (non-hydrogen) atoms. The van der Waals surface area contributed by atoms with Gasteiger partial charge in [-0.25, -0.2) is 14.8 Å². The number of benzene rings is 2. The topological polar surface area (TPSA) is 68.5 Å². The molecular formula is C25H27N3O3. The number of hydrogen-bond acceptors (Lipinski definition) is 6. The van der Waals surface area contributed by atoms with Crippen molar-refractivity contribution in [2.24, 2.45) is 0 Å². The van der Waals surface area contributed by atoms with Crippen LogP contribution >= 0.6 is 0 Å². The number of anilines is 1. The molecule has 2 aromatic carbocycles. The lowest BCUT2D eigenvalue weighted by Crippen LogP contribution is -2.27. The fraction of sp³-hybridized carbons (Fsp3) is 0.320. The number of nitrogens with zero attached hydrogens (tertiary/aromatic N) is 3. The Morgan fingerprint density at radius 1 is 1.03 bits per heavy atom. The average Bonchev–Trinajstić information content (AvgIpc) is 3.14. The summed E-state index contributed by atoms with van der Waals surface area (Å²) in [5.74, 6) is 0.980. The van der Waals surface area contributed by atoms with E-state index in [9.17, 15) is 4.79 Å². The predicted octanol–water partition coefficient (Wildman–Crippen LogP) is 5.84. The third-order valence-electron chi connectivity index (χ3n) is 5.05. The van der Waals surface area contributed by atoms with Gasteiger partial charge in [0.15, 0.2) is 11.6 Å². The summed E-state index contributed by atoms with van der Waals surface area (Å²) in [6.45, 7) is 9.72. The van der Waals surface area contributed by atoms with Crippen LogP contribution in [0.25, 0.3) is 33.5 Å². The summed E-state index contributed by atoms with van der Waals surface area (Å²) in [6, 6.07) is 15.3. The van der Waals surface area contributed by atoms with E-state index in [0.717, 1.165) is 11.0 Å². The van der Waals surface area contributed by atoms with E-state index in [1.54, 1.807) is 18.2 Å². The molecule has 0 atom stereocenters.